The molecule has 0 amide bonds. The minimum absolute atomic E-state index is 0.146. The second-order valence-corrected chi connectivity index (χ2v) is 4.13. The van der Waals surface area contributed by atoms with E-state index in [4.69, 9.17) is 9.31 Å². The van der Waals surface area contributed by atoms with Crippen molar-refractivity contribution in [3.63, 3.8) is 0 Å². The van der Waals surface area contributed by atoms with Gasteiger partial charge in [0.1, 0.15) is 5.75 Å². The predicted octanol–water partition coefficient (Wildman–Crippen LogP) is 2.39. The summed E-state index contributed by atoms with van der Waals surface area (Å²) in [6.07, 6.45) is 5.83. The first-order valence-corrected chi connectivity index (χ1v) is 5.90. The van der Waals surface area contributed by atoms with Gasteiger partial charge in [0.25, 0.3) is 0 Å². The normalized spacial score (nSPS) is 17.1. The molecule has 1 saturated carbocycles. The molecule has 4 heteroatoms. The molecule has 1 aliphatic rings. The molecule has 0 aliphatic heterocycles. The summed E-state index contributed by atoms with van der Waals surface area (Å²) in [5.41, 5.74) is 0. The lowest BCUT2D eigenvalue weighted by molar-refractivity contribution is 0.0945. The number of benzene rings is 1. The maximum Gasteiger partial charge on any atom is 0.710 e. The second kappa shape index (κ2) is 5.92. The van der Waals surface area contributed by atoms with Crippen LogP contribution in [0.2, 0.25) is 0 Å². The second-order valence-electron chi connectivity index (χ2n) is 4.13. The van der Waals surface area contributed by atoms with Crippen LogP contribution >= 0.6 is 0 Å². The Kier molecular flexibility index (Phi) is 4.25. The molecule has 16 heavy (non-hydrogen) atoms. The van der Waals surface area contributed by atoms with E-state index >= 15 is 0 Å². The lowest BCUT2D eigenvalue weighted by Gasteiger charge is -2.23. The molecular weight excluding hydrogens is 203 g/mol. The Hall–Kier alpha value is -0.995. The number of para-hydroxylation sites is 1. The van der Waals surface area contributed by atoms with Gasteiger partial charge in [-0.15, -0.1) is 0 Å². The van der Waals surface area contributed by atoms with Crippen molar-refractivity contribution in [3.8, 4) is 5.75 Å². The summed E-state index contributed by atoms with van der Waals surface area (Å²) in [4.78, 5) is 0. The van der Waals surface area contributed by atoms with Gasteiger partial charge in [-0.3, -0.25) is 0 Å². The van der Waals surface area contributed by atoms with Gasteiger partial charge in [0.15, 0.2) is 0 Å². The van der Waals surface area contributed by atoms with Crippen molar-refractivity contribution in [1.82, 2.24) is 0 Å². The largest absolute Gasteiger partial charge is 0.710 e. The van der Waals surface area contributed by atoms with E-state index in [2.05, 4.69) is 0 Å². The van der Waals surface area contributed by atoms with Crippen molar-refractivity contribution in [3.05, 3.63) is 30.3 Å². The molecule has 0 spiro atoms. The molecule has 0 aromatic heterocycles. The fourth-order valence-corrected chi connectivity index (χ4v) is 2.01. The van der Waals surface area contributed by atoms with Gasteiger partial charge >= 0.3 is 7.32 Å². The first-order chi connectivity index (χ1) is 7.84. The molecule has 0 unspecified atom stereocenters. The van der Waals surface area contributed by atoms with Crippen molar-refractivity contribution in [2.24, 2.45) is 0 Å². The molecule has 1 aromatic carbocycles. The summed E-state index contributed by atoms with van der Waals surface area (Å²) in [6.45, 7) is 0. The Balaban J connectivity index is 1.77. The van der Waals surface area contributed by atoms with E-state index in [-0.39, 0.29) is 6.10 Å². The van der Waals surface area contributed by atoms with E-state index in [1.165, 1.54) is 19.3 Å². The molecule has 0 saturated heterocycles. The van der Waals surface area contributed by atoms with Crippen molar-refractivity contribution < 1.29 is 14.3 Å². The molecule has 1 N–H and O–H groups in total. The molecule has 1 aromatic rings. The summed E-state index contributed by atoms with van der Waals surface area (Å²) in [5, 5.41) is 9.61. The molecule has 1 aliphatic carbocycles. The maximum absolute atomic E-state index is 9.61. The third kappa shape index (κ3) is 3.54. The topological polar surface area (TPSA) is 38.7 Å². The van der Waals surface area contributed by atoms with E-state index in [1.54, 1.807) is 12.1 Å². The van der Waals surface area contributed by atoms with E-state index in [0.29, 0.717) is 5.75 Å². The number of hydrogen-bond donors (Lipinski definition) is 1. The highest BCUT2D eigenvalue weighted by molar-refractivity contribution is 6.35. The molecule has 0 radical (unpaired) electrons. The zero-order chi connectivity index (χ0) is 11.2. The van der Waals surface area contributed by atoms with Crippen molar-refractivity contribution in [2.45, 2.75) is 38.2 Å². The average molecular weight is 220 g/mol. The first kappa shape index (κ1) is 11.5. The van der Waals surface area contributed by atoms with E-state index < -0.39 is 7.32 Å². The van der Waals surface area contributed by atoms with Gasteiger partial charge in [-0.1, -0.05) is 37.5 Å². The van der Waals surface area contributed by atoms with Crippen molar-refractivity contribution in [2.75, 3.05) is 0 Å². The Labute approximate surface area is 96.6 Å². The summed E-state index contributed by atoms with van der Waals surface area (Å²) in [6, 6.07) is 9.23. The lowest BCUT2D eigenvalue weighted by Crippen LogP contribution is -2.32. The van der Waals surface area contributed by atoms with Gasteiger partial charge in [-0.05, 0) is 25.0 Å². The Bertz CT molecular complexity index is 298. The average Bonchev–Trinajstić information content (AvgIpc) is 2.31. The third-order valence-corrected chi connectivity index (χ3v) is 2.84. The van der Waals surface area contributed by atoms with Gasteiger partial charge in [-0.2, -0.15) is 0 Å². The summed E-state index contributed by atoms with van der Waals surface area (Å²) < 4.78 is 10.7. The molecule has 0 bridgehead atoms. The number of hydrogen-bond acceptors (Lipinski definition) is 3. The number of rotatable bonds is 4. The smallest absolute Gasteiger partial charge is 0.512 e. The predicted molar refractivity (Wildman–Crippen MR) is 63.0 cm³/mol. The maximum atomic E-state index is 9.61. The van der Waals surface area contributed by atoms with Gasteiger partial charge in [0, 0.05) is 6.10 Å². The monoisotopic (exact) mass is 220 g/mol. The van der Waals surface area contributed by atoms with Crippen LogP contribution in [-0.4, -0.2) is 18.4 Å². The van der Waals surface area contributed by atoms with E-state index in [0.717, 1.165) is 12.8 Å². The molecular formula is C12H17BO3. The Morgan fingerprint density at radius 1 is 1.06 bits per heavy atom. The molecule has 3 nitrogen and oxygen atoms in total. The fraction of sp³-hybridized carbons (Fsp3) is 0.500. The van der Waals surface area contributed by atoms with Crippen LogP contribution in [0.25, 0.3) is 0 Å². The minimum atomic E-state index is -1.15. The van der Waals surface area contributed by atoms with Gasteiger partial charge in [-0.25, -0.2) is 0 Å². The van der Waals surface area contributed by atoms with Gasteiger partial charge in [0.05, 0.1) is 0 Å². The van der Waals surface area contributed by atoms with Crippen LogP contribution in [0.3, 0.4) is 0 Å². The molecule has 2 rings (SSSR count). The van der Waals surface area contributed by atoms with E-state index in [1.807, 2.05) is 18.2 Å². The lowest BCUT2D eigenvalue weighted by atomic mass is 9.96. The van der Waals surface area contributed by atoms with Crippen LogP contribution < -0.4 is 4.65 Å². The zero-order valence-corrected chi connectivity index (χ0v) is 9.34. The Morgan fingerprint density at radius 3 is 2.44 bits per heavy atom. The van der Waals surface area contributed by atoms with Gasteiger partial charge in [0.2, 0.25) is 0 Å². The van der Waals surface area contributed by atoms with Crippen LogP contribution in [0.15, 0.2) is 30.3 Å². The highest BCUT2D eigenvalue weighted by Gasteiger charge is 2.25. The Morgan fingerprint density at radius 2 is 1.75 bits per heavy atom. The highest BCUT2D eigenvalue weighted by Crippen LogP contribution is 2.21. The summed E-state index contributed by atoms with van der Waals surface area (Å²) in [5.74, 6) is 0.630. The molecule has 86 valence electrons. The first-order valence-electron chi connectivity index (χ1n) is 5.90. The quantitative estimate of drug-likeness (QED) is 0.791. The van der Waals surface area contributed by atoms with E-state index in [9.17, 15) is 5.02 Å². The SMILES string of the molecule is OB(Oc1ccccc1)OC1CCCCC1. The molecule has 1 fully saturated rings. The molecule has 0 heterocycles. The van der Waals surface area contributed by atoms with Crippen molar-refractivity contribution in [1.29, 1.82) is 0 Å². The fourth-order valence-electron chi connectivity index (χ4n) is 2.01. The third-order valence-electron chi connectivity index (χ3n) is 2.84. The summed E-state index contributed by atoms with van der Waals surface area (Å²) in [7, 11) is -1.15. The van der Waals surface area contributed by atoms with Crippen LogP contribution in [0.5, 0.6) is 5.75 Å². The highest BCUT2D eigenvalue weighted by atomic mass is 16.7. The summed E-state index contributed by atoms with van der Waals surface area (Å²) >= 11 is 0. The van der Waals surface area contributed by atoms with Crippen LogP contribution in [-0.2, 0) is 4.65 Å². The van der Waals surface area contributed by atoms with Gasteiger partial charge < -0.3 is 14.3 Å². The standard InChI is InChI=1S/C12H17BO3/c14-13(15-11-7-3-1-4-8-11)16-12-9-5-2-6-10-12/h1,3-4,7-8,12,14H,2,5-6,9-10H2. The molecule has 0 atom stereocenters. The van der Waals surface area contributed by atoms with Crippen LogP contribution in [0.4, 0.5) is 0 Å². The minimum Gasteiger partial charge on any atom is -0.512 e. The van der Waals surface area contributed by atoms with Crippen LogP contribution in [0, 0.1) is 0 Å². The zero-order valence-electron chi connectivity index (χ0n) is 9.34. The van der Waals surface area contributed by atoms with Crippen LogP contribution in [0.1, 0.15) is 32.1 Å². The van der Waals surface area contributed by atoms with Crippen molar-refractivity contribution >= 4 is 7.32 Å².